The molecule has 0 bridgehead atoms. The molecule has 0 fully saturated rings. The molecule has 0 radical (unpaired) electrons. The predicted octanol–water partition coefficient (Wildman–Crippen LogP) is 4.06. The quantitative estimate of drug-likeness (QED) is 0.755. The molecule has 1 heterocycles. The Hall–Kier alpha value is -1.72. The van der Waals surface area contributed by atoms with Crippen molar-refractivity contribution in [1.29, 1.82) is 0 Å². The Morgan fingerprint density at radius 1 is 1.27 bits per heavy atom. The summed E-state index contributed by atoms with van der Waals surface area (Å²) < 4.78 is 10.9. The summed E-state index contributed by atoms with van der Waals surface area (Å²) in [6, 6.07) is 13.3. The van der Waals surface area contributed by atoms with E-state index in [4.69, 9.17) is 14.3 Å². The third-order valence-corrected chi connectivity index (χ3v) is 4.33. The van der Waals surface area contributed by atoms with Gasteiger partial charge in [0.05, 0.1) is 19.0 Å². The highest BCUT2D eigenvalue weighted by molar-refractivity contribution is 7.98. The standard InChI is InChI=1S/C17H20O4S/c1-13(9-20-10-14-5-3-2-4-6-14)11-22-12-15-7-8-16(21-15)17(18)19/h2-8,13H,9-12H2,1H3,(H,18,19). The molecule has 0 saturated heterocycles. The third-order valence-electron chi connectivity index (χ3n) is 3.03. The van der Waals surface area contributed by atoms with Crippen molar-refractivity contribution in [3.63, 3.8) is 0 Å². The molecule has 1 unspecified atom stereocenters. The van der Waals surface area contributed by atoms with Gasteiger partial charge in [-0.05, 0) is 29.4 Å². The number of aromatic carboxylic acids is 1. The molecule has 5 heteroatoms. The van der Waals surface area contributed by atoms with Crippen molar-refractivity contribution in [1.82, 2.24) is 0 Å². The molecule has 0 spiro atoms. The van der Waals surface area contributed by atoms with E-state index in [1.54, 1.807) is 17.8 Å². The first-order valence-electron chi connectivity index (χ1n) is 7.16. The van der Waals surface area contributed by atoms with Crippen LogP contribution in [0.5, 0.6) is 0 Å². The second-order valence-corrected chi connectivity index (χ2v) is 6.22. The molecule has 0 amide bonds. The number of hydrogen-bond acceptors (Lipinski definition) is 4. The lowest BCUT2D eigenvalue weighted by Crippen LogP contribution is -2.08. The minimum atomic E-state index is -1.03. The Kier molecular flexibility index (Phi) is 6.55. The lowest BCUT2D eigenvalue weighted by atomic mass is 10.2. The maximum Gasteiger partial charge on any atom is 0.371 e. The summed E-state index contributed by atoms with van der Waals surface area (Å²) in [6.07, 6.45) is 0. The van der Waals surface area contributed by atoms with Crippen molar-refractivity contribution >= 4 is 17.7 Å². The fraction of sp³-hybridized carbons (Fsp3) is 0.353. The number of furan rings is 1. The van der Waals surface area contributed by atoms with Gasteiger partial charge in [0, 0.05) is 0 Å². The zero-order valence-electron chi connectivity index (χ0n) is 12.5. The summed E-state index contributed by atoms with van der Waals surface area (Å²) in [5.41, 5.74) is 1.18. The summed E-state index contributed by atoms with van der Waals surface area (Å²) in [5.74, 6) is 1.71. The minimum Gasteiger partial charge on any atom is -0.475 e. The average Bonchev–Trinajstić information content (AvgIpc) is 2.97. The van der Waals surface area contributed by atoms with Gasteiger partial charge < -0.3 is 14.3 Å². The van der Waals surface area contributed by atoms with Crippen LogP contribution in [0.25, 0.3) is 0 Å². The molecule has 1 aromatic carbocycles. The van der Waals surface area contributed by atoms with E-state index in [0.717, 1.165) is 5.75 Å². The van der Waals surface area contributed by atoms with Crippen molar-refractivity contribution in [3.8, 4) is 0 Å². The van der Waals surface area contributed by atoms with Crippen LogP contribution in [0.2, 0.25) is 0 Å². The number of hydrogen-bond donors (Lipinski definition) is 1. The molecule has 2 rings (SSSR count). The van der Waals surface area contributed by atoms with Crippen molar-refractivity contribution < 1.29 is 19.1 Å². The zero-order chi connectivity index (χ0) is 15.8. The van der Waals surface area contributed by atoms with E-state index >= 15 is 0 Å². The highest BCUT2D eigenvalue weighted by Crippen LogP contribution is 2.18. The fourth-order valence-electron chi connectivity index (χ4n) is 1.93. The summed E-state index contributed by atoms with van der Waals surface area (Å²) in [6.45, 7) is 3.49. The Morgan fingerprint density at radius 3 is 2.73 bits per heavy atom. The van der Waals surface area contributed by atoms with Crippen LogP contribution in [0.1, 0.15) is 28.8 Å². The number of carboxylic acid groups (broad SMARTS) is 1. The van der Waals surface area contributed by atoms with Crippen molar-refractivity contribution in [2.45, 2.75) is 19.3 Å². The summed E-state index contributed by atoms with van der Waals surface area (Å²) >= 11 is 1.72. The molecule has 118 valence electrons. The van der Waals surface area contributed by atoms with Gasteiger partial charge in [-0.3, -0.25) is 0 Å². The maximum absolute atomic E-state index is 10.7. The summed E-state index contributed by atoms with van der Waals surface area (Å²) in [4.78, 5) is 10.7. The van der Waals surface area contributed by atoms with Gasteiger partial charge in [0.2, 0.25) is 5.76 Å². The monoisotopic (exact) mass is 320 g/mol. The van der Waals surface area contributed by atoms with Gasteiger partial charge >= 0.3 is 5.97 Å². The average molecular weight is 320 g/mol. The highest BCUT2D eigenvalue weighted by Gasteiger charge is 2.09. The van der Waals surface area contributed by atoms with E-state index in [1.165, 1.54) is 11.6 Å². The van der Waals surface area contributed by atoms with E-state index in [1.807, 2.05) is 18.2 Å². The lowest BCUT2D eigenvalue weighted by molar-refractivity contribution is 0.0661. The normalized spacial score (nSPS) is 12.2. The second kappa shape index (κ2) is 8.66. The van der Waals surface area contributed by atoms with Crippen LogP contribution >= 0.6 is 11.8 Å². The molecule has 1 aromatic heterocycles. The topological polar surface area (TPSA) is 59.7 Å². The van der Waals surface area contributed by atoms with Crippen LogP contribution in [0.15, 0.2) is 46.9 Å². The second-order valence-electron chi connectivity index (χ2n) is 5.19. The number of carboxylic acids is 1. The Balaban J connectivity index is 1.61. The predicted molar refractivity (Wildman–Crippen MR) is 87.1 cm³/mol. The summed E-state index contributed by atoms with van der Waals surface area (Å²) in [7, 11) is 0. The van der Waals surface area contributed by atoms with Crippen molar-refractivity contribution in [2.75, 3.05) is 12.4 Å². The van der Waals surface area contributed by atoms with Gasteiger partial charge in [0.1, 0.15) is 5.76 Å². The zero-order valence-corrected chi connectivity index (χ0v) is 13.3. The van der Waals surface area contributed by atoms with Crippen LogP contribution < -0.4 is 0 Å². The van der Waals surface area contributed by atoms with Crippen molar-refractivity contribution in [3.05, 3.63) is 59.5 Å². The van der Waals surface area contributed by atoms with Crippen LogP contribution in [0, 0.1) is 5.92 Å². The van der Waals surface area contributed by atoms with Crippen LogP contribution in [-0.4, -0.2) is 23.4 Å². The van der Waals surface area contributed by atoms with Gasteiger partial charge in [-0.25, -0.2) is 4.79 Å². The van der Waals surface area contributed by atoms with E-state index in [2.05, 4.69) is 19.1 Å². The van der Waals surface area contributed by atoms with Crippen LogP contribution in [0.3, 0.4) is 0 Å². The largest absolute Gasteiger partial charge is 0.475 e. The van der Waals surface area contributed by atoms with E-state index < -0.39 is 5.97 Å². The highest BCUT2D eigenvalue weighted by atomic mass is 32.2. The first-order valence-corrected chi connectivity index (χ1v) is 8.32. The molecule has 2 aromatic rings. The molecule has 4 nitrogen and oxygen atoms in total. The van der Waals surface area contributed by atoms with Gasteiger partial charge in [0.25, 0.3) is 0 Å². The molecular weight excluding hydrogens is 300 g/mol. The number of benzene rings is 1. The SMILES string of the molecule is CC(COCc1ccccc1)CSCc1ccc(C(=O)O)o1. The Bertz CT molecular complexity index is 579. The van der Waals surface area contributed by atoms with Crippen molar-refractivity contribution in [2.24, 2.45) is 5.92 Å². The molecule has 0 aliphatic carbocycles. The summed E-state index contributed by atoms with van der Waals surface area (Å²) in [5, 5.41) is 8.79. The number of carbonyl (C=O) groups is 1. The van der Waals surface area contributed by atoms with E-state index in [0.29, 0.717) is 30.6 Å². The fourth-order valence-corrected chi connectivity index (χ4v) is 2.90. The first kappa shape index (κ1) is 16.6. The van der Waals surface area contributed by atoms with Crippen LogP contribution in [0.4, 0.5) is 0 Å². The molecule has 22 heavy (non-hydrogen) atoms. The number of ether oxygens (including phenoxy) is 1. The maximum atomic E-state index is 10.7. The molecule has 1 atom stereocenters. The smallest absolute Gasteiger partial charge is 0.371 e. The Labute approximate surface area is 134 Å². The number of rotatable bonds is 9. The van der Waals surface area contributed by atoms with Gasteiger partial charge in [-0.1, -0.05) is 37.3 Å². The molecule has 0 saturated carbocycles. The van der Waals surface area contributed by atoms with Gasteiger partial charge in [0.15, 0.2) is 0 Å². The molecule has 0 aliphatic rings. The Morgan fingerprint density at radius 2 is 2.05 bits per heavy atom. The first-order chi connectivity index (χ1) is 10.6. The van der Waals surface area contributed by atoms with E-state index in [-0.39, 0.29) is 5.76 Å². The third kappa shape index (κ3) is 5.58. The molecule has 0 aliphatic heterocycles. The van der Waals surface area contributed by atoms with Gasteiger partial charge in [-0.15, -0.1) is 0 Å². The van der Waals surface area contributed by atoms with Gasteiger partial charge in [-0.2, -0.15) is 11.8 Å². The molecule has 1 N–H and O–H groups in total. The van der Waals surface area contributed by atoms with E-state index in [9.17, 15) is 4.79 Å². The number of thioether (sulfide) groups is 1. The molecular formula is C17H20O4S. The minimum absolute atomic E-state index is 0.00478. The van der Waals surface area contributed by atoms with Crippen LogP contribution in [-0.2, 0) is 17.1 Å². The lowest BCUT2D eigenvalue weighted by Gasteiger charge is -2.11.